The van der Waals surface area contributed by atoms with Crippen molar-refractivity contribution in [3.05, 3.63) is 29.3 Å². The number of anilines is 1. The Labute approximate surface area is 156 Å². The summed E-state index contributed by atoms with van der Waals surface area (Å²) in [6.45, 7) is 12.9. The molecular weight excluding hydrogens is 328 g/mol. The smallest absolute Gasteiger partial charge is 0.240 e. The van der Waals surface area contributed by atoms with Crippen LogP contribution in [0.5, 0.6) is 0 Å². The summed E-state index contributed by atoms with van der Waals surface area (Å²) in [6.07, 6.45) is 0. The number of aryl methyl sites for hydroxylation is 1. The van der Waals surface area contributed by atoms with Crippen molar-refractivity contribution in [2.24, 2.45) is 11.1 Å². The largest absolute Gasteiger partial charge is 0.339 e. The highest BCUT2D eigenvalue weighted by Crippen LogP contribution is 2.20. The van der Waals surface area contributed by atoms with Crippen LogP contribution in [0.25, 0.3) is 0 Å². The van der Waals surface area contributed by atoms with Crippen LogP contribution in [-0.4, -0.2) is 60.4 Å². The predicted octanol–water partition coefficient (Wildman–Crippen LogP) is 1.76. The summed E-state index contributed by atoms with van der Waals surface area (Å²) in [5.41, 5.74) is 8.94. The summed E-state index contributed by atoms with van der Waals surface area (Å²) in [5.74, 6) is -0.0261. The summed E-state index contributed by atoms with van der Waals surface area (Å²) in [6, 6.07) is 5.40. The average Bonchev–Trinajstić information content (AvgIpc) is 2.57. The third-order valence-electron chi connectivity index (χ3n) is 5.13. The van der Waals surface area contributed by atoms with Crippen molar-refractivity contribution >= 4 is 17.5 Å². The molecule has 0 aliphatic carbocycles. The first kappa shape index (κ1) is 20.4. The van der Waals surface area contributed by atoms with Crippen LogP contribution in [0.4, 0.5) is 5.69 Å². The summed E-state index contributed by atoms with van der Waals surface area (Å²) in [7, 11) is 0. The molecule has 1 aliphatic rings. The zero-order chi connectivity index (χ0) is 19.5. The van der Waals surface area contributed by atoms with Gasteiger partial charge in [-0.2, -0.15) is 0 Å². The Morgan fingerprint density at radius 3 is 2.35 bits per heavy atom. The molecule has 2 rings (SSSR count). The lowest BCUT2D eigenvalue weighted by atomic mass is 9.86. The molecule has 0 aromatic heterocycles. The summed E-state index contributed by atoms with van der Waals surface area (Å²) < 4.78 is 0. The lowest BCUT2D eigenvalue weighted by molar-refractivity contribution is -0.136. The Morgan fingerprint density at radius 1 is 1.15 bits per heavy atom. The van der Waals surface area contributed by atoms with Gasteiger partial charge in [0.15, 0.2) is 0 Å². The Bertz CT molecular complexity index is 658. The number of nitrogens with two attached hydrogens (primary N) is 1. The van der Waals surface area contributed by atoms with E-state index < -0.39 is 6.04 Å². The van der Waals surface area contributed by atoms with Crippen molar-refractivity contribution in [2.45, 2.75) is 40.7 Å². The minimum atomic E-state index is -0.498. The molecule has 6 heteroatoms. The maximum atomic E-state index is 12.5. The van der Waals surface area contributed by atoms with Gasteiger partial charge in [-0.15, -0.1) is 0 Å². The van der Waals surface area contributed by atoms with E-state index in [1.807, 2.05) is 57.7 Å². The van der Waals surface area contributed by atoms with Crippen LogP contribution in [0.2, 0.25) is 0 Å². The van der Waals surface area contributed by atoms with Crippen LogP contribution >= 0.6 is 0 Å². The third-order valence-corrected chi connectivity index (χ3v) is 5.13. The van der Waals surface area contributed by atoms with E-state index in [0.29, 0.717) is 32.7 Å². The fourth-order valence-corrected chi connectivity index (χ4v) is 2.97. The number of hydrogen-bond donors (Lipinski definition) is 2. The number of carbonyl (C=O) groups excluding carboxylic acids is 2. The fourth-order valence-electron chi connectivity index (χ4n) is 2.97. The molecule has 1 aromatic carbocycles. The zero-order valence-electron chi connectivity index (χ0n) is 16.6. The van der Waals surface area contributed by atoms with Crippen molar-refractivity contribution in [1.82, 2.24) is 9.80 Å². The Kier molecular flexibility index (Phi) is 6.42. The minimum Gasteiger partial charge on any atom is -0.339 e. The van der Waals surface area contributed by atoms with Gasteiger partial charge in [-0.05, 0) is 36.5 Å². The van der Waals surface area contributed by atoms with Gasteiger partial charge in [0.2, 0.25) is 11.8 Å². The first-order valence-corrected chi connectivity index (χ1v) is 9.22. The molecule has 1 atom stereocenters. The first-order valence-electron chi connectivity index (χ1n) is 9.22. The van der Waals surface area contributed by atoms with Gasteiger partial charge >= 0.3 is 0 Å². The fraction of sp³-hybridized carbons (Fsp3) is 0.600. The standard InChI is InChI=1S/C20H32N4O2/c1-14-7-6-8-16(15(14)2)22-17(25)13-23-9-11-24(12-10-23)19(26)18(21)20(3,4)5/h6-8,18H,9-13,21H2,1-5H3,(H,22,25)/t18-/m1/s1. The molecule has 0 unspecified atom stereocenters. The Balaban J connectivity index is 1.84. The molecule has 1 aromatic rings. The van der Waals surface area contributed by atoms with Gasteiger partial charge in [-0.1, -0.05) is 32.9 Å². The van der Waals surface area contributed by atoms with Crippen LogP contribution in [0.1, 0.15) is 31.9 Å². The molecular formula is C20H32N4O2. The van der Waals surface area contributed by atoms with Crippen LogP contribution in [0.3, 0.4) is 0 Å². The highest BCUT2D eigenvalue weighted by atomic mass is 16.2. The average molecular weight is 361 g/mol. The summed E-state index contributed by atoms with van der Waals surface area (Å²) in [4.78, 5) is 28.7. The SMILES string of the molecule is Cc1cccc(NC(=O)CN2CCN(C(=O)[C@@H](N)C(C)(C)C)CC2)c1C. The molecule has 1 aliphatic heterocycles. The molecule has 0 saturated carbocycles. The third kappa shape index (κ3) is 5.05. The van der Waals surface area contributed by atoms with Crippen molar-refractivity contribution in [3.8, 4) is 0 Å². The molecule has 144 valence electrons. The van der Waals surface area contributed by atoms with Crippen LogP contribution in [0, 0.1) is 19.3 Å². The molecule has 26 heavy (non-hydrogen) atoms. The van der Waals surface area contributed by atoms with Crippen molar-refractivity contribution in [2.75, 3.05) is 38.0 Å². The van der Waals surface area contributed by atoms with E-state index in [2.05, 4.69) is 10.2 Å². The van der Waals surface area contributed by atoms with E-state index in [4.69, 9.17) is 5.73 Å². The van der Waals surface area contributed by atoms with Gasteiger partial charge in [0.05, 0.1) is 12.6 Å². The second-order valence-corrected chi connectivity index (χ2v) is 8.24. The molecule has 0 bridgehead atoms. The first-order chi connectivity index (χ1) is 12.1. The Hall–Kier alpha value is -1.92. The summed E-state index contributed by atoms with van der Waals surface area (Å²) >= 11 is 0. The lowest BCUT2D eigenvalue weighted by Crippen LogP contribution is -2.56. The molecule has 0 spiro atoms. The van der Waals surface area contributed by atoms with Crippen molar-refractivity contribution < 1.29 is 9.59 Å². The normalized spacial score (nSPS) is 17.1. The van der Waals surface area contributed by atoms with E-state index in [-0.39, 0.29) is 17.2 Å². The van der Waals surface area contributed by atoms with E-state index in [1.54, 1.807) is 0 Å². The number of carbonyl (C=O) groups is 2. The van der Waals surface area contributed by atoms with Crippen LogP contribution in [-0.2, 0) is 9.59 Å². The lowest BCUT2D eigenvalue weighted by Gasteiger charge is -2.37. The topological polar surface area (TPSA) is 78.7 Å². The molecule has 1 heterocycles. The van der Waals surface area contributed by atoms with Gasteiger partial charge in [-0.25, -0.2) is 0 Å². The Morgan fingerprint density at radius 2 is 1.77 bits per heavy atom. The van der Waals surface area contributed by atoms with Gasteiger partial charge in [0.1, 0.15) is 0 Å². The van der Waals surface area contributed by atoms with Gasteiger partial charge in [0.25, 0.3) is 0 Å². The molecule has 1 fully saturated rings. The highest BCUT2D eigenvalue weighted by Gasteiger charge is 2.32. The highest BCUT2D eigenvalue weighted by molar-refractivity contribution is 5.93. The second kappa shape index (κ2) is 8.18. The maximum Gasteiger partial charge on any atom is 0.240 e. The van der Waals surface area contributed by atoms with Crippen molar-refractivity contribution in [3.63, 3.8) is 0 Å². The zero-order valence-corrected chi connectivity index (χ0v) is 16.6. The van der Waals surface area contributed by atoms with Gasteiger partial charge in [-0.3, -0.25) is 14.5 Å². The molecule has 1 saturated heterocycles. The van der Waals surface area contributed by atoms with Crippen LogP contribution < -0.4 is 11.1 Å². The monoisotopic (exact) mass is 360 g/mol. The van der Waals surface area contributed by atoms with Gasteiger partial charge < -0.3 is 16.0 Å². The molecule has 2 amide bonds. The van der Waals surface area contributed by atoms with E-state index in [0.717, 1.165) is 16.8 Å². The van der Waals surface area contributed by atoms with E-state index in [1.165, 1.54) is 0 Å². The maximum absolute atomic E-state index is 12.5. The van der Waals surface area contributed by atoms with Gasteiger partial charge in [0, 0.05) is 31.9 Å². The molecule has 6 nitrogen and oxygen atoms in total. The van der Waals surface area contributed by atoms with Crippen molar-refractivity contribution in [1.29, 1.82) is 0 Å². The number of nitrogens with one attached hydrogen (secondary N) is 1. The summed E-state index contributed by atoms with van der Waals surface area (Å²) in [5, 5.41) is 2.99. The van der Waals surface area contributed by atoms with E-state index in [9.17, 15) is 9.59 Å². The molecule has 0 radical (unpaired) electrons. The quantitative estimate of drug-likeness (QED) is 0.858. The number of nitrogens with zero attached hydrogens (tertiary/aromatic N) is 2. The van der Waals surface area contributed by atoms with Crippen LogP contribution in [0.15, 0.2) is 18.2 Å². The predicted molar refractivity (Wildman–Crippen MR) is 105 cm³/mol. The number of rotatable bonds is 4. The second-order valence-electron chi connectivity index (χ2n) is 8.24. The van der Waals surface area contributed by atoms with E-state index >= 15 is 0 Å². The number of piperazine rings is 1. The number of hydrogen-bond acceptors (Lipinski definition) is 4. The minimum absolute atomic E-state index is 0.00279. The number of amides is 2. The number of benzene rings is 1. The molecule has 3 N–H and O–H groups in total.